The maximum Gasteiger partial charge on any atom is 0.339 e. The fourth-order valence-electron chi connectivity index (χ4n) is 1.97. The molecule has 2 aromatic rings. The van der Waals surface area contributed by atoms with E-state index in [1.807, 2.05) is 0 Å². The molecule has 1 unspecified atom stereocenters. The van der Waals surface area contributed by atoms with Crippen LogP contribution in [0.5, 0.6) is 5.75 Å². The highest BCUT2D eigenvalue weighted by Gasteiger charge is 2.27. The molecule has 0 bridgehead atoms. The molecule has 2 N–H and O–H groups in total. The summed E-state index contributed by atoms with van der Waals surface area (Å²) in [7, 11) is -4.12. The summed E-state index contributed by atoms with van der Waals surface area (Å²) in [5, 5.41) is 0. The maximum atomic E-state index is 12.3. The molecule has 1 atom stereocenters. The normalized spacial score (nSPS) is 12.2. The number of amides is 1. The van der Waals surface area contributed by atoms with E-state index in [-0.39, 0.29) is 16.2 Å². The molecule has 0 saturated carbocycles. The van der Waals surface area contributed by atoms with Gasteiger partial charge >= 0.3 is 16.1 Å². The summed E-state index contributed by atoms with van der Waals surface area (Å²) >= 11 is 0. The van der Waals surface area contributed by atoms with Gasteiger partial charge in [0.1, 0.15) is 10.6 Å². The molecule has 0 fully saturated rings. The number of nitrogens with two attached hydrogens (primary N) is 1. The van der Waals surface area contributed by atoms with Crippen LogP contribution in [-0.2, 0) is 24.4 Å². The van der Waals surface area contributed by atoms with Gasteiger partial charge in [-0.2, -0.15) is 8.42 Å². The molecule has 0 aliphatic carbocycles. The van der Waals surface area contributed by atoms with Crippen LogP contribution in [0.25, 0.3) is 0 Å². The lowest BCUT2D eigenvalue weighted by molar-refractivity contribution is -0.153. The van der Waals surface area contributed by atoms with Gasteiger partial charge in [-0.05, 0) is 18.2 Å². The summed E-state index contributed by atoms with van der Waals surface area (Å²) in [6, 6.07) is 13.3. The van der Waals surface area contributed by atoms with Gasteiger partial charge in [-0.15, -0.1) is 0 Å². The summed E-state index contributed by atoms with van der Waals surface area (Å²) in [6.07, 6.45) is -1.45. The topological polar surface area (TPSA) is 113 Å². The predicted molar refractivity (Wildman–Crippen MR) is 84.4 cm³/mol. The molecule has 2 rings (SSSR count). The standard InChI is InChI=1S/C16H15NO6S/c1-11(18)22-15(16(17)19)13-9-5-6-10-14(13)23-24(20,21)12-7-3-2-4-8-12/h2-10,15H,1H3,(H2,17,19). The second-order valence-corrected chi connectivity index (χ2v) is 6.33. The van der Waals surface area contributed by atoms with E-state index in [0.29, 0.717) is 0 Å². The zero-order valence-corrected chi connectivity index (χ0v) is 13.5. The lowest BCUT2D eigenvalue weighted by Gasteiger charge is -2.17. The first-order valence-electron chi connectivity index (χ1n) is 6.86. The van der Waals surface area contributed by atoms with Gasteiger partial charge in [0.15, 0.2) is 0 Å². The van der Waals surface area contributed by atoms with Crippen molar-refractivity contribution in [2.75, 3.05) is 0 Å². The Balaban J connectivity index is 2.42. The number of ether oxygens (including phenoxy) is 1. The van der Waals surface area contributed by atoms with Crippen molar-refractivity contribution in [3.63, 3.8) is 0 Å². The second-order valence-electron chi connectivity index (χ2n) is 4.78. The van der Waals surface area contributed by atoms with E-state index in [2.05, 4.69) is 0 Å². The highest BCUT2D eigenvalue weighted by atomic mass is 32.2. The number of primary amides is 1. The Morgan fingerprint density at radius 3 is 2.17 bits per heavy atom. The Morgan fingerprint density at radius 2 is 1.58 bits per heavy atom. The van der Waals surface area contributed by atoms with E-state index in [1.54, 1.807) is 18.2 Å². The van der Waals surface area contributed by atoms with Crippen LogP contribution in [0.2, 0.25) is 0 Å². The Labute approximate surface area is 139 Å². The summed E-state index contributed by atoms with van der Waals surface area (Å²) in [6.45, 7) is 1.11. The molecule has 1 amide bonds. The van der Waals surface area contributed by atoms with E-state index in [9.17, 15) is 18.0 Å². The van der Waals surface area contributed by atoms with Crippen LogP contribution in [0.4, 0.5) is 0 Å². The predicted octanol–water partition coefficient (Wildman–Crippen LogP) is 1.54. The van der Waals surface area contributed by atoms with Crippen LogP contribution in [0.3, 0.4) is 0 Å². The van der Waals surface area contributed by atoms with Gasteiger partial charge in [-0.1, -0.05) is 36.4 Å². The van der Waals surface area contributed by atoms with Gasteiger partial charge in [-0.25, -0.2) is 0 Å². The minimum atomic E-state index is -4.12. The molecule has 126 valence electrons. The number of esters is 1. The van der Waals surface area contributed by atoms with E-state index in [0.717, 1.165) is 6.92 Å². The van der Waals surface area contributed by atoms with Crippen LogP contribution in [0, 0.1) is 0 Å². The molecule has 0 heterocycles. The number of benzene rings is 2. The first kappa shape index (κ1) is 17.5. The van der Waals surface area contributed by atoms with Crippen molar-refractivity contribution >= 4 is 22.0 Å². The minimum absolute atomic E-state index is 0.0414. The number of para-hydroxylation sites is 1. The molecule has 0 aromatic heterocycles. The number of rotatable bonds is 6. The average Bonchev–Trinajstić information content (AvgIpc) is 2.53. The van der Waals surface area contributed by atoms with Crippen molar-refractivity contribution in [3.05, 3.63) is 60.2 Å². The zero-order chi connectivity index (χ0) is 17.7. The number of carbonyl (C=O) groups excluding carboxylic acids is 2. The smallest absolute Gasteiger partial charge is 0.339 e. The van der Waals surface area contributed by atoms with Gasteiger partial charge in [-0.3, -0.25) is 9.59 Å². The van der Waals surface area contributed by atoms with Crippen LogP contribution >= 0.6 is 0 Å². The monoisotopic (exact) mass is 349 g/mol. The van der Waals surface area contributed by atoms with E-state index >= 15 is 0 Å². The van der Waals surface area contributed by atoms with Crippen LogP contribution in [-0.4, -0.2) is 20.3 Å². The van der Waals surface area contributed by atoms with Crippen molar-refractivity contribution < 1.29 is 26.9 Å². The van der Waals surface area contributed by atoms with Crippen molar-refractivity contribution in [3.8, 4) is 5.75 Å². The molecule has 7 nitrogen and oxygen atoms in total. The quantitative estimate of drug-likeness (QED) is 0.625. The fourth-order valence-corrected chi connectivity index (χ4v) is 2.94. The molecule has 2 aromatic carbocycles. The number of carbonyl (C=O) groups is 2. The lowest BCUT2D eigenvalue weighted by atomic mass is 10.1. The van der Waals surface area contributed by atoms with Gasteiger partial charge < -0.3 is 14.7 Å². The summed E-state index contributed by atoms with van der Waals surface area (Å²) in [4.78, 5) is 22.7. The third kappa shape index (κ3) is 4.11. The molecule has 24 heavy (non-hydrogen) atoms. The van der Waals surface area contributed by atoms with Crippen LogP contribution < -0.4 is 9.92 Å². The molecule has 0 aliphatic rings. The van der Waals surface area contributed by atoms with Gasteiger partial charge in [0.25, 0.3) is 5.91 Å². The first-order chi connectivity index (χ1) is 11.3. The number of hydrogen-bond donors (Lipinski definition) is 1. The highest BCUT2D eigenvalue weighted by Crippen LogP contribution is 2.30. The molecule has 0 spiro atoms. The minimum Gasteiger partial charge on any atom is -0.447 e. The van der Waals surface area contributed by atoms with Crippen molar-refractivity contribution in [1.29, 1.82) is 0 Å². The van der Waals surface area contributed by atoms with Crippen LogP contribution in [0.15, 0.2) is 59.5 Å². The lowest BCUT2D eigenvalue weighted by Crippen LogP contribution is -2.26. The summed E-state index contributed by atoms with van der Waals surface area (Å²) in [5.41, 5.74) is 5.28. The van der Waals surface area contributed by atoms with Crippen molar-refractivity contribution in [2.45, 2.75) is 17.9 Å². The van der Waals surface area contributed by atoms with E-state index in [4.69, 9.17) is 14.7 Å². The van der Waals surface area contributed by atoms with E-state index < -0.39 is 28.1 Å². The fraction of sp³-hybridized carbons (Fsp3) is 0.125. The Kier molecular flexibility index (Phi) is 5.20. The van der Waals surface area contributed by atoms with Crippen molar-refractivity contribution in [1.82, 2.24) is 0 Å². The molecular formula is C16H15NO6S. The Morgan fingerprint density at radius 1 is 1.00 bits per heavy atom. The zero-order valence-electron chi connectivity index (χ0n) is 12.7. The van der Waals surface area contributed by atoms with Gasteiger partial charge in [0.05, 0.1) is 0 Å². The molecule has 0 saturated heterocycles. The average molecular weight is 349 g/mol. The maximum absolute atomic E-state index is 12.3. The van der Waals surface area contributed by atoms with E-state index in [1.165, 1.54) is 36.4 Å². The van der Waals surface area contributed by atoms with Crippen molar-refractivity contribution in [2.24, 2.45) is 5.73 Å². The largest absolute Gasteiger partial charge is 0.447 e. The first-order valence-corrected chi connectivity index (χ1v) is 8.27. The Hall–Kier alpha value is -2.87. The van der Waals surface area contributed by atoms with Gasteiger partial charge in [0.2, 0.25) is 6.10 Å². The third-order valence-corrected chi connectivity index (χ3v) is 4.22. The molecule has 0 radical (unpaired) electrons. The highest BCUT2D eigenvalue weighted by molar-refractivity contribution is 7.87. The second kappa shape index (κ2) is 7.14. The summed E-state index contributed by atoms with van der Waals surface area (Å²) < 4.78 is 34.6. The van der Waals surface area contributed by atoms with Crippen LogP contribution in [0.1, 0.15) is 18.6 Å². The molecule has 8 heteroatoms. The molecule has 0 aliphatic heterocycles. The number of hydrogen-bond acceptors (Lipinski definition) is 6. The van der Waals surface area contributed by atoms with Gasteiger partial charge in [0, 0.05) is 12.5 Å². The SMILES string of the molecule is CC(=O)OC(C(N)=O)c1ccccc1OS(=O)(=O)c1ccccc1. The third-order valence-electron chi connectivity index (χ3n) is 2.98. The summed E-state index contributed by atoms with van der Waals surface area (Å²) in [5.74, 6) is -1.83. The Bertz CT molecular complexity index is 848. The molecular weight excluding hydrogens is 334 g/mol.